The van der Waals surface area contributed by atoms with E-state index in [0.29, 0.717) is 0 Å². The molecule has 58 valence electrons. The van der Waals surface area contributed by atoms with E-state index in [2.05, 4.69) is 52.4 Å². The minimum absolute atomic E-state index is 1.00. The molecule has 1 N–H and O–H groups in total. The molecular weight excluding hydrogens is 354 g/mol. The second kappa shape index (κ2) is 3.02. The SMILES string of the molecule is INCC1C2CN(I)CC12. The molecule has 0 aromatic carbocycles. The Morgan fingerprint density at radius 2 is 2.00 bits per heavy atom. The molecule has 10 heavy (non-hydrogen) atoms. The van der Waals surface area contributed by atoms with Crippen LogP contribution in [0.1, 0.15) is 0 Å². The van der Waals surface area contributed by atoms with Gasteiger partial charge in [-0.15, -0.1) is 0 Å². The lowest BCUT2D eigenvalue weighted by Gasteiger charge is -2.09. The van der Waals surface area contributed by atoms with Gasteiger partial charge in [0, 0.05) is 65.4 Å². The molecule has 4 heteroatoms. The van der Waals surface area contributed by atoms with Crippen LogP contribution in [0.5, 0.6) is 0 Å². The maximum absolute atomic E-state index is 3.22. The van der Waals surface area contributed by atoms with Crippen LogP contribution in [-0.2, 0) is 0 Å². The highest BCUT2D eigenvalue weighted by molar-refractivity contribution is 14.1. The van der Waals surface area contributed by atoms with Crippen LogP contribution in [0.15, 0.2) is 0 Å². The lowest BCUT2D eigenvalue weighted by molar-refractivity contribution is 0.491. The second-order valence-electron chi connectivity index (χ2n) is 3.16. The van der Waals surface area contributed by atoms with Gasteiger partial charge in [0.2, 0.25) is 0 Å². The summed E-state index contributed by atoms with van der Waals surface area (Å²) in [7, 11) is 0. The quantitative estimate of drug-likeness (QED) is 0.590. The summed E-state index contributed by atoms with van der Waals surface area (Å²) in [6.07, 6.45) is 0. The van der Waals surface area contributed by atoms with E-state index in [1.54, 1.807) is 0 Å². The maximum Gasteiger partial charge on any atom is 0.0201 e. The summed E-state index contributed by atoms with van der Waals surface area (Å²) in [4.78, 5) is 0. The first-order chi connectivity index (χ1) is 4.83. The molecule has 1 aliphatic heterocycles. The van der Waals surface area contributed by atoms with E-state index in [9.17, 15) is 0 Å². The highest BCUT2D eigenvalue weighted by atomic mass is 127. The van der Waals surface area contributed by atoms with Crippen molar-refractivity contribution in [1.82, 2.24) is 6.64 Å². The molecular formula is C6H10I2N2. The minimum Gasteiger partial charge on any atom is -0.261 e. The van der Waals surface area contributed by atoms with Crippen molar-refractivity contribution in [2.24, 2.45) is 17.8 Å². The molecule has 0 spiro atoms. The molecule has 2 nitrogen and oxygen atoms in total. The third-order valence-electron chi connectivity index (χ3n) is 2.64. The Hall–Kier alpha value is 1.38. The van der Waals surface area contributed by atoms with Gasteiger partial charge in [0.25, 0.3) is 0 Å². The molecule has 1 saturated carbocycles. The van der Waals surface area contributed by atoms with E-state index in [1.165, 1.54) is 19.6 Å². The fourth-order valence-electron chi connectivity index (χ4n) is 1.99. The highest BCUT2D eigenvalue weighted by Crippen LogP contribution is 2.52. The summed E-state index contributed by atoms with van der Waals surface area (Å²) in [6, 6.07) is 0. The molecule has 1 heterocycles. The average Bonchev–Trinajstić information content (AvgIpc) is 2.43. The Balaban J connectivity index is 1.81. The standard InChI is InChI=1S/C6H10I2N2/c7-9-1-4-5-2-10(8)3-6(4)5/h4-6,9H,1-3H2. The van der Waals surface area contributed by atoms with E-state index < -0.39 is 0 Å². The van der Waals surface area contributed by atoms with Crippen LogP contribution in [-0.4, -0.2) is 22.7 Å². The predicted octanol–water partition coefficient (Wildman–Crippen LogP) is 1.45. The topological polar surface area (TPSA) is 15.3 Å². The van der Waals surface area contributed by atoms with Crippen LogP contribution in [0.25, 0.3) is 0 Å². The molecule has 2 unspecified atom stereocenters. The summed E-state index contributed by atoms with van der Waals surface area (Å²) < 4.78 is 5.64. The van der Waals surface area contributed by atoms with E-state index in [-0.39, 0.29) is 0 Å². The van der Waals surface area contributed by atoms with Gasteiger partial charge in [-0.05, 0) is 17.8 Å². The number of nitrogens with one attached hydrogen (secondary N) is 1. The van der Waals surface area contributed by atoms with Gasteiger partial charge in [-0.1, -0.05) is 0 Å². The van der Waals surface area contributed by atoms with Crippen LogP contribution >= 0.6 is 45.7 Å². The molecule has 1 saturated heterocycles. The first-order valence-electron chi connectivity index (χ1n) is 3.57. The molecule has 2 rings (SSSR count). The Morgan fingerprint density at radius 3 is 2.50 bits per heavy atom. The van der Waals surface area contributed by atoms with Gasteiger partial charge in [0.05, 0.1) is 0 Å². The van der Waals surface area contributed by atoms with Crippen molar-refractivity contribution in [3.8, 4) is 0 Å². The number of halogens is 2. The van der Waals surface area contributed by atoms with E-state index in [0.717, 1.165) is 17.8 Å². The number of rotatable bonds is 2. The zero-order valence-electron chi connectivity index (χ0n) is 5.56. The monoisotopic (exact) mass is 364 g/mol. The summed E-state index contributed by atoms with van der Waals surface area (Å²) >= 11 is 4.67. The first-order valence-corrected chi connectivity index (χ1v) is 5.61. The molecule has 0 aromatic rings. The fraction of sp³-hybridized carbons (Fsp3) is 1.00. The third kappa shape index (κ3) is 1.32. The Labute approximate surface area is 89.1 Å². The van der Waals surface area contributed by atoms with E-state index >= 15 is 0 Å². The lowest BCUT2D eigenvalue weighted by atomic mass is 10.3. The largest absolute Gasteiger partial charge is 0.261 e. The van der Waals surface area contributed by atoms with Crippen molar-refractivity contribution in [2.45, 2.75) is 0 Å². The van der Waals surface area contributed by atoms with Gasteiger partial charge in [-0.25, -0.2) is 3.11 Å². The minimum atomic E-state index is 1.00. The van der Waals surface area contributed by atoms with Gasteiger partial charge in [0.15, 0.2) is 0 Å². The Morgan fingerprint density at radius 1 is 1.40 bits per heavy atom. The molecule has 0 amide bonds. The number of fused-ring (bicyclic) bond motifs is 1. The Bertz CT molecular complexity index is 123. The average molecular weight is 364 g/mol. The van der Waals surface area contributed by atoms with Crippen molar-refractivity contribution in [2.75, 3.05) is 19.6 Å². The Kier molecular flexibility index (Phi) is 2.42. The lowest BCUT2D eigenvalue weighted by Crippen LogP contribution is -2.16. The highest BCUT2D eigenvalue weighted by Gasteiger charge is 2.54. The van der Waals surface area contributed by atoms with Crippen molar-refractivity contribution >= 4 is 45.7 Å². The molecule has 2 aliphatic rings. The summed E-state index contributed by atoms with van der Waals surface area (Å²) in [5.74, 6) is 3.06. The molecule has 2 atom stereocenters. The van der Waals surface area contributed by atoms with E-state index in [1.807, 2.05) is 0 Å². The van der Waals surface area contributed by atoms with Crippen LogP contribution in [0.4, 0.5) is 0 Å². The van der Waals surface area contributed by atoms with Crippen molar-refractivity contribution in [3.63, 3.8) is 0 Å². The normalized spacial score (nSPS) is 45.6. The summed E-state index contributed by atoms with van der Waals surface area (Å²) in [5, 5.41) is 0. The third-order valence-corrected chi connectivity index (χ3v) is 3.87. The van der Waals surface area contributed by atoms with Gasteiger partial charge in [-0.3, -0.25) is 3.53 Å². The number of hydrogen-bond donors (Lipinski definition) is 1. The smallest absolute Gasteiger partial charge is 0.0201 e. The maximum atomic E-state index is 3.22. The molecule has 0 bridgehead atoms. The van der Waals surface area contributed by atoms with Gasteiger partial charge >= 0.3 is 0 Å². The summed E-state index contributed by atoms with van der Waals surface area (Å²) in [5.41, 5.74) is 0. The van der Waals surface area contributed by atoms with Gasteiger partial charge in [-0.2, -0.15) is 0 Å². The fourth-order valence-corrected chi connectivity index (χ4v) is 3.41. The number of hydrogen-bond acceptors (Lipinski definition) is 2. The summed E-state index contributed by atoms with van der Waals surface area (Å²) in [6.45, 7) is 3.88. The van der Waals surface area contributed by atoms with Crippen LogP contribution < -0.4 is 3.53 Å². The molecule has 1 aliphatic carbocycles. The van der Waals surface area contributed by atoms with Gasteiger partial charge in [0.1, 0.15) is 0 Å². The van der Waals surface area contributed by atoms with Crippen LogP contribution in [0.3, 0.4) is 0 Å². The number of nitrogens with zero attached hydrogens (tertiary/aromatic N) is 1. The molecule has 0 aromatic heterocycles. The zero-order valence-corrected chi connectivity index (χ0v) is 9.87. The van der Waals surface area contributed by atoms with Crippen LogP contribution in [0.2, 0.25) is 0 Å². The van der Waals surface area contributed by atoms with Crippen molar-refractivity contribution < 1.29 is 0 Å². The van der Waals surface area contributed by atoms with Crippen LogP contribution in [0, 0.1) is 17.8 Å². The predicted molar refractivity (Wildman–Crippen MR) is 58.1 cm³/mol. The van der Waals surface area contributed by atoms with Crippen molar-refractivity contribution in [3.05, 3.63) is 0 Å². The molecule has 2 fully saturated rings. The second-order valence-corrected chi connectivity index (χ2v) is 5.28. The number of piperidine rings is 1. The first kappa shape index (κ1) is 8.00. The van der Waals surface area contributed by atoms with Crippen molar-refractivity contribution in [1.29, 1.82) is 0 Å². The van der Waals surface area contributed by atoms with Gasteiger partial charge < -0.3 is 0 Å². The van der Waals surface area contributed by atoms with E-state index in [4.69, 9.17) is 0 Å². The molecule has 0 radical (unpaired) electrons. The zero-order chi connectivity index (χ0) is 7.14.